The van der Waals surface area contributed by atoms with Gasteiger partial charge in [0.25, 0.3) is 0 Å². The van der Waals surface area contributed by atoms with Crippen LogP contribution in [0.4, 0.5) is 0 Å². The molecule has 1 heterocycles. The summed E-state index contributed by atoms with van der Waals surface area (Å²) in [5.74, 6) is 0. The fourth-order valence-corrected chi connectivity index (χ4v) is 3.55. The van der Waals surface area contributed by atoms with E-state index < -0.39 is 10.0 Å². The maximum absolute atomic E-state index is 12.7. The van der Waals surface area contributed by atoms with Gasteiger partial charge in [0.1, 0.15) is 4.90 Å². The molecule has 122 valence electrons. The van der Waals surface area contributed by atoms with Crippen LogP contribution in [0.1, 0.15) is 31.2 Å². The number of nitrogens with zero attached hydrogens (tertiary/aromatic N) is 2. The molecule has 0 atom stereocenters. The van der Waals surface area contributed by atoms with Gasteiger partial charge in [-0.3, -0.25) is 5.10 Å². The Kier molecular flexibility index (Phi) is 7.30. The molecule has 0 unspecified atom stereocenters. The van der Waals surface area contributed by atoms with Crippen molar-refractivity contribution in [3.05, 3.63) is 11.4 Å². The van der Waals surface area contributed by atoms with E-state index in [2.05, 4.69) is 22.4 Å². The van der Waals surface area contributed by atoms with Gasteiger partial charge in [-0.05, 0) is 26.3 Å². The molecule has 1 aromatic heterocycles. The van der Waals surface area contributed by atoms with E-state index in [1.54, 1.807) is 21.1 Å². The van der Waals surface area contributed by atoms with Gasteiger partial charge in [-0.15, -0.1) is 0 Å². The maximum Gasteiger partial charge on any atom is 0.246 e. The molecule has 0 aliphatic heterocycles. The van der Waals surface area contributed by atoms with Crippen LogP contribution in [-0.4, -0.2) is 56.8 Å². The van der Waals surface area contributed by atoms with Crippen molar-refractivity contribution >= 4 is 10.0 Å². The number of sulfonamides is 1. The number of rotatable bonds is 10. The summed E-state index contributed by atoms with van der Waals surface area (Å²) in [5.41, 5.74) is 1.11. The summed E-state index contributed by atoms with van der Waals surface area (Å²) in [7, 11) is -0.343. The van der Waals surface area contributed by atoms with Gasteiger partial charge in [0.2, 0.25) is 10.0 Å². The predicted octanol–water partition coefficient (Wildman–Crippen LogP) is 0.875. The Bertz CT molecular complexity index is 528. The second-order valence-electron chi connectivity index (χ2n) is 4.97. The van der Waals surface area contributed by atoms with Crippen molar-refractivity contribution in [3.63, 3.8) is 0 Å². The van der Waals surface area contributed by atoms with Gasteiger partial charge in [-0.2, -0.15) is 5.10 Å². The number of H-pyrrole nitrogens is 1. The van der Waals surface area contributed by atoms with E-state index >= 15 is 0 Å². The van der Waals surface area contributed by atoms with E-state index in [9.17, 15) is 8.42 Å². The molecule has 0 saturated carbocycles. The molecule has 2 N–H and O–H groups in total. The van der Waals surface area contributed by atoms with Gasteiger partial charge in [-0.1, -0.05) is 6.92 Å². The van der Waals surface area contributed by atoms with Crippen LogP contribution in [0.3, 0.4) is 0 Å². The first kappa shape index (κ1) is 18.1. The van der Waals surface area contributed by atoms with Crippen LogP contribution in [0.15, 0.2) is 4.90 Å². The number of aromatic amines is 1. The second kappa shape index (κ2) is 8.47. The van der Waals surface area contributed by atoms with Gasteiger partial charge in [-0.25, -0.2) is 12.7 Å². The average molecular weight is 318 g/mol. The lowest BCUT2D eigenvalue weighted by atomic mass is 10.3. The summed E-state index contributed by atoms with van der Waals surface area (Å²) in [4.78, 5) is 0.283. The molecule has 1 rings (SSSR count). The molecule has 8 heteroatoms. The summed E-state index contributed by atoms with van der Waals surface area (Å²) in [6, 6.07) is 0. The molecule has 1 aromatic rings. The van der Waals surface area contributed by atoms with Crippen molar-refractivity contribution in [2.75, 3.05) is 33.9 Å². The molecular weight excluding hydrogens is 292 g/mol. The first-order valence-corrected chi connectivity index (χ1v) is 8.59. The number of hydrogen-bond acceptors (Lipinski definition) is 5. The van der Waals surface area contributed by atoms with Gasteiger partial charge in [0.05, 0.1) is 11.4 Å². The third-order valence-corrected chi connectivity index (χ3v) is 5.23. The van der Waals surface area contributed by atoms with Gasteiger partial charge < -0.3 is 10.1 Å². The number of nitrogens with one attached hydrogen (secondary N) is 2. The van der Waals surface area contributed by atoms with Crippen molar-refractivity contribution in [2.45, 2.75) is 38.1 Å². The molecule has 0 aromatic carbocycles. The van der Waals surface area contributed by atoms with E-state index in [4.69, 9.17) is 4.74 Å². The first-order chi connectivity index (χ1) is 9.95. The second-order valence-corrected chi connectivity index (χ2v) is 6.96. The molecule has 0 radical (unpaired) electrons. The quantitative estimate of drug-likeness (QED) is 0.625. The maximum atomic E-state index is 12.7. The van der Waals surface area contributed by atoms with Crippen LogP contribution in [0.5, 0.6) is 0 Å². The van der Waals surface area contributed by atoms with Gasteiger partial charge in [0.15, 0.2) is 0 Å². The predicted molar refractivity (Wildman–Crippen MR) is 81.6 cm³/mol. The minimum absolute atomic E-state index is 0.283. The lowest BCUT2D eigenvalue weighted by Crippen LogP contribution is -2.30. The molecular formula is C13H26N4O3S. The van der Waals surface area contributed by atoms with E-state index in [0.29, 0.717) is 37.5 Å². The third kappa shape index (κ3) is 4.77. The molecule has 0 amide bonds. The van der Waals surface area contributed by atoms with Crippen LogP contribution >= 0.6 is 0 Å². The Morgan fingerprint density at radius 1 is 1.43 bits per heavy atom. The zero-order valence-corrected chi connectivity index (χ0v) is 14.1. The average Bonchev–Trinajstić information content (AvgIpc) is 2.81. The van der Waals surface area contributed by atoms with Crippen LogP contribution in [0.25, 0.3) is 0 Å². The minimum atomic E-state index is -3.53. The Morgan fingerprint density at radius 2 is 2.14 bits per heavy atom. The number of methoxy groups -OCH3 is 1. The molecule has 0 saturated heterocycles. The largest absolute Gasteiger partial charge is 0.385 e. The number of ether oxygens (including phenoxy) is 1. The zero-order chi connectivity index (χ0) is 15.9. The Labute approximate surface area is 127 Å². The van der Waals surface area contributed by atoms with Gasteiger partial charge >= 0.3 is 0 Å². The van der Waals surface area contributed by atoms with Crippen molar-refractivity contribution in [3.8, 4) is 0 Å². The van der Waals surface area contributed by atoms with E-state index in [1.165, 1.54) is 4.31 Å². The van der Waals surface area contributed by atoms with E-state index in [0.717, 1.165) is 13.0 Å². The van der Waals surface area contributed by atoms with E-state index in [-0.39, 0.29) is 4.90 Å². The molecule has 0 bridgehead atoms. The first-order valence-electron chi connectivity index (χ1n) is 7.15. The smallest absolute Gasteiger partial charge is 0.246 e. The summed E-state index contributed by atoms with van der Waals surface area (Å²) in [6.45, 7) is 6.02. The highest BCUT2D eigenvalue weighted by Gasteiger charge is 2.28. The van der Waals surface area contributed by atoms with Crippen LogP contribution in [0, 0.1) is 6.92 Å². The van der Waals surface area contributed by atoms with Crippen molar-refractivity contribution < 1.29 is 13.2 Å². The lowest BCUT2D eigenvalue weighted by Gasteiger charge is -2.17. The third-order valence-electron chi connectivity index (χ3n) is 3.17. The van der Waals surface area contributed by atoms with Crippen LogP contribution < -0.4 is 5.32 Å². The molecule has 21 heavy (non-hydrogen) atoms. The number of aromatic nitrogens is 2. The molecule has 0 aliphatic carbocycles. The summed E-state index contributed by atoms with van der Waals surface area (Å²) in [6.07, 6.45) is 1.65. The number of hydrogen-bond donors (Lipinski definition) is 2. The molecule has 0 aliphatic rings. The standard InChI is InChI=1S/C13H26N4O3S/c1-5-7-14-10-12-13(11(2)15-16-12)21(18,19)17(3)8-6-9-20-4/h14H,5-10H2,1-4H3,(H,15,16). The van der Waals surface area contributed by atoms with Crippen LogP contribution in [0.2, 0.25) is 0 Å². The fourth-order valence-electron chi connectivity index (χ4n) is 2.02. The Morgan fingerprint density at radius 3 is 2.76 bits per heavy atom. The van der Waals surface area contributed by atoms with Crippen molar-refractivity contribution in [2.24, 2.45) is 0 Å². The highest BCUT2D eigenvalue weighted by Crippen LogP contribution is 2.21. The normalized spacial score (nSPS) is 12.2. The summed E-state index contributed by atoms with van der Waals surface area (Å²) >= 11 is 0. The minimum Gasteiger partial charge on any atom is -0.385 e. The molecule has 7 nitrogen and oxygen atoms in total. The van der Waals surface area contributed by atoms with Crippen molar-refractivity contribution in [1.29, 1.82) is 0 Å². The molecule has 0 spiro atoms. The Balaban J connectivity index is 2.88. The topological polar surface area (TPSA) is 87.3 Å². The Hall–Kier alpha value is -0.960. The lowest BCUT2D eigenvalue weighted by molar-refractivity contribution is 0.189. The summed E-state index contributed by atoms with van der Waals surface area (Å²) < 4.78 is 31.6. The summed E-state index contributed by atoms with van der Waals surface area (Å²) in [5, 5.41) is 10.1. The van der Waals surface area contributed by atoms with E-state index in [1.807, 2.05) is 0 Å². The highest BCUT2D eigenvalue weighted by atomic mass is 32.2. The highest BCUT2D eigenvalue weighted by molar-refractivity contribution is 7.89. The van der Waals surface area contributed by atoms with Gasteiger partial charge in [0, 0.05) is 33.9 Å². The molecule has 0 fully saturated rings. The van der Waals surface area contributed by atoms with Crippen LogP contribution in [-0.2, 0) is 21.3 Å². The monoisotopic (exact) mass is 318 g/mol. The number of aryl methyl sites for hydroxylation is 1. The SMILES string of the molecule is CCCNCc1n[nH]c(C)c1S(=O)(=O)N(C)CCCOC. The zero-order valence-electron chi connectivity index (χ0n) is 13.3. The fraction of sp³-hybridized carbons (Fsp3) is 0.769. The van der Waals surface area contributed by atoms with Crippen molar-refractivity contribution in [1.82, 2.24) is 19.8 Å².